The summed E-state index contributed by atoms with van der Waals surface area (Å²) in [4.78, 5) is 24.2. The van der Waals surface area contributed by atoms with Gasteiger partial charge in [0.1, 0.15) is 18.0 Å². The zero-order valence-corrected chi connectivity index (χ0v) is 16.0. The van der Waals surface area contributed by atoms with E-state index in [9.17, 15) is 4.79 Å². The number of benzene rings is 1. The van der Waals surface area contributed by atoms with Crippen LogP contribution >= 0.6 is 0 Å². The minimum atomic E-state index is 0.133. The summed E-state index contributed by atoms with van der Waals surface area (Å²) in [6, 6.07) is 10.4. The maximum atomic E-state index is 11.5. The molecule has 0 bridgehead atoms. The summed E-state index contributed by atoms with van der Waals surface area (Å²) in [6.45, 7) is 11.3. The molecule has 1 amide bonds. The number of hydrogen-bond acceptors (Lipinski definition) is 5. The van der Waals surface area contributed by atoms with Crippen molar-refractivity contribution in [1.82, 2.24) is 14.9 Å². The van der Waals surface area contributed by atoms with Gasteiger partial charge in [-0.2, -0.15) is 0 Å². The highest BCUT2D eigenvalue weighted by Gasteiger charge is 2.20. The molecule has 1 fully saturated rings. The van der Waals surface area contributed by atoms with Gasteiger partial charge in [0.25, 0.3) is 0 Å². The molecule has 1 aromatic carbocycles. The highest BCUT2D eigenvalue weighted by atomic mass is 16.2. The van der Waals surface area contributed by atoms with E-state index in [1.165, 1.54) is 5.56 Å². The van der Waals surface area contributed by atoms with E-state index in [1.807, 2.05) is 11.0 Å². The number of nitrogens with zero attached hydrogens (tertiary/aromatic N) is 4. The van der Waals surface area contributed by atoms with E-state index in [0.717, 1.165) is 43.5 Å². The summed E-state index contributed by atoms with van der Waals surface area (Å²) < 4.78 is 0. The van der Waals surface area contributed by atoms with Gasteiger partial charge in [-0.3, -0.25) is 4.79 Å². The molecule has 1 aliphatic rings. The van der Waals surface area contributed by atoms with Crippen molar-refractivity contribution in [1.29, 1.82) is 0 Å². The van der Waals surface area contributed by atoms with Crippen molar-refractivity contribution in [2.45, 2.75) is 33.1 Å². The van der Waals surface area contributed by atoms with Gasteiger partial charge in [0.2, 0.25) is 5.91 Å². The van der Waals surface area contributed by atoms with Gasteiger partial charge in [0.15, 0.2) is 0 Å². The molecule has 0 saturated carbocycles. The lowest BCUT2D eigenvalue weighted by atomic mass is 9.87. The van der Waals surface area contributed by atoms with E-state index in [-0.39, 0.29) is 11.3 Å². The zero-order valence-electron chi connectivity index (χ0n) is 16.0. The topological polar surface area (TPSA) is 61.4 Å². The lowest BCUT2D eigenvalue weighted by Crippen LogP contribution is -2.48. The molecular weight excluding hydrogens is 326 g/mol. The summed E-state index contributed by atoms with van der Waals surface area (Å²) in [7, 11) is 0. The number of carbonyl (C=O) groups is 1. The molecule has 2 aromatic rings. The molecule has 0 aliphatic carbocycles. The third-order valence-corrected chi connectivity index (χ3v) is 4.72. The number of rotatable bonds is 3. The van der Waals surface area contributed by atoms with Crippen LogP contribution in [-0.4, -0.2) is 47.0 Å². The Bertz CT molecular complexity index is 759. The highest BCUT2D eigenvalue weighted by Crippen LogP contribution is 2.25. The molecule has 1 saturated heterocycles. The fourth-order valence-corrected chi connectivity index (χ4v) is 3.04. The average Bonchev–Trinajstić information content (AvgIpc) is 2.62. The Morgan fingerprint density at radius 3 is 2.27 bits per heavy atom. The van der Waals surface area contributed by atoms with Crippen LogP contribution in [0.5, 0.6) is 0 Å². The number of piperazine rings is 1. The normalized spacial score (nSPS) is 15.1. The third-order valence-electron chi connectivity index (χ3n) is 4.72. The maximum Gasteiger partial charge on any atom is 0.219 e. The summed E-state index contributed by atoms with van der Waals surface area (Å²) in [6.07, 6.45) is 1.58. The number of aromatic nitrogens is 2. The molecule has 138 valence electrons. The van der Waals surface area contributed by atoms with Crippen LogP contribution in [0.2, 0.25) is 0 Å². The molecule has 6 heteroatoms. The van der Waals surface area contributed by atoms with Gasteiger partial charge in [-0.15, -0.1) is 0 Å². The molecule has 3 rings (SSSR count). The van der Waals surface area contributed by atoms with Crippen molar-refractivity contribution in [2.24, 2.45) is 0 Å². The Kier molecular flexibility index (Phi) is 5.11. The molecule has 1 N–H and O–H groups in total. The Hall–Kier alpha value is -2.63. The first-order chi connectivity index (χ1) is 12.3. The smallest absolute Gasteiger partial charge is 0.219 e. The van der Waals surface area contributed by atoms with Crippen LogP contribution in [0.1, 0.15) is 33.3 Å². The molecule has 0 radical (unpaired) electrons. The van der Waals surface area contributed by atoms with E-state index in [0.29, 0.717) is 0 Å². The predicted molar refractivity (Wildman–Crippen MR) is 105 cm³/mol. The highest BCUT2D eigenvalue weighted by molar-refractivity contribution is 5.73. The number of anilines is 3. The Morgan fingerprint density at radius 1 is 1.04 bits per heavy atom. The predicted octanol–water partition coefficient (Wildman–Crippen LogP) is 3.19. The van der Waals surface area contributed by atoms with Gasteiger partial charge in [0.05, 0.1) is 0 Å². The van der Waals surface area contributed by atoms with Crippen molar-refractivity contribution in [2.75, 3.05) is 36.4 Å². The van der Waals surface area contributed by atoms with Gasteiger partial charge in [-0.1, -0.05) is 32.9 Å². The first kappa shape index (κ1) is 18.2. The summed E-state index contributed by atoms with van der Waals surface area (Å²) in [5.74, 6) is 1.79. The van der Waals surface area contributed by atoms with Gasteiger partial charge in [-0.25, -0.2) is 9.97 Å². The largest absolute Gasteiger partial charge is 0.353 e. The van der Waals surface area contributed by atoms with Crippen LogP contribution in [0.3, 0.4) is 0 Å². The Balaban J connectivity index is 1.67. The van der Waals surface area contributed by atoms with Crippen LogP contribution in [0, 0.1) is 0 Å². The minimum Gasteiger partial charge on any atom is -0.353 e. The monoisotopic (exact) mass is 353 g/mol. The van der Waals surface area contributed by atoms with Crippen LogP contribution in [0.25, 0.3) is 0 Å². The lowest BCUT2D eigenvalue weighted by Gasteiger charge is -2.34. The molecule has 2 heterocycles. The van der Waals surface area contributed by atoms with E-state index < -0.39 is 0 Å². The molecule has 0 atom stereocenters. The van der Waals surface area contributed by atoms with Gasteiger partial charge < -0.3 is 15.1 Å². The van der Waals surface area contributed by atoms with E-state index in [1.54, 1.807) is 13.3 Å². The van der Waals surface area contributed by atoms with Crippen molar-refractivity contribution in [3.63, 3.8) is 0 Å². The fraction of sp³-hybridized carbons (Fsp3) is 0.450. The maximum absolute atomic E-state index is 11.5. The van der Waals surface area contributed by atoms with E-state index in [2.05, 4.69) is 65.2 Å². The van der Waals surface area contributed by atoms with Gasteiger partial charge in [-0.05, 0) is 23.1 Å². The average molecular weight is 353 g/mol. The molecular formula is C20H27N5O. The van der Waals surface area contributed by atoms with E-state index in [4.69, 9.17) is 0 Å². The van der Waals surface area contributed by atoms with Crippen molar-refractivity contribution < 1.29 is 4.79 Å². The number of nitrogens with one attached hydrogen (secondary N) is 1. The lowest BCUT2D eigenvalue weighted by molar-refractivity contribution is -0.129. The van der Waals surface area contributed by atoms with E-state index >= 15 is 0 Å². The second-order valence-electron chi connectivity index (χ2n) is 7.71. The molecule has 1 aliphatic heterocycles. The fourth-order valence-electron chi connectivity index (χ4n) is 3.04. The first-order valence-electron chi connectivity index (χ1n) is 9.03. The second-order valence-corrected chi connectivity index (χ2v) is 7.71. The molecule has 0 unspecified atom stereocenters. The molecule has 6 nitrogen and oxygen atoms in total. The van der Waals surface area contributed by atoms with Gasteiger partial charge >= 0.3 is 0 Å². The van der Waals surface area contributed by atoms with Crippen LogP contribution < -0.4 is 10.2 Å². The Morgan fingerprint density at radius 2 is 1.69 bits per heavy atom. The second kappa shape index (κ2) is 7.32. The minimum absolute atomic E-state index is 0.133. The standard InChI is InChI=1S/C20H27N5O/c1-15(26)24-9-11-25(12-10-24)19-13-18(21-14-22-19)23-17-7-5-16(6-8-17)20(2,3)4/h5-8,13-14H,9-12H2,1-4H3,(H,21,22,23). The zero-order chi connectivity index (χ0) is 18.7. The summed E-state index contributed by atoms with van der Waals surface area (Å²) >= 11 is 0. The summed E-state index contributed by atoms with van der Waals surface area (Å²) in [5.41, 5.74) is 2.45. The third kappa shape index (κ3) is 4.31. The molecule has 0 spiro atoms. The Labute approximate surface area is 155 Å². The van der Waals surface area contributed by atoms with Gasteiger partial charge in [0, 0.05) is 44.9 Å². The van der Waals surface area contributed by atoms with Crippen molar-refractivity contribution in [3.05, 3.63) is 42.2 Å². The number of hydrogen-bond donors (Lipinski definition) is 1. The van der Waals surface area contributed by atoms with Crippen molar-refractivity contribution >= 4 is 23.2 Å². The summed E-state index contributed by atoms with van der Waals surface area (Å²) in [5, 5.41) is 3.35. The van der Waals surface area contributed by atoms with Crippen LogP contribution in [-0.2, 0) is 10.2 Å². The molecule has 1 aromatic heterocycles. The SMILES string of the molecule is CC(=O)N1CCN(c2cc(Nc3ccc(C(C)(C)C)cc3)ncn2)CC1. The van der Waals surface area contributed by atoms with Crippen LogP contribution in [0.4, 0.5) is 17.3 Å². The number of carbonyl (C=O) groups excluding carboxylic acids is 1. The number of amides is 1. The first-order valence-corrected chi connectivity index (χ1v) is 9.03. The quantitative estimate of drug-likeness (QED) is 0.918. The van der Waals surface area contributed by atoms with Crippen LogP contribution in [0.15, 0.2) is 36.7 Å². The van der Waals surface area contributed by atoms with Crippen molar-refractivity contribution in [3.8, 4) is 0 Å². The molecule has 26 heavy (non-hydrogen) atoms.